The van der Waals surface area contributed by atoms with Crippen molar-refractivity contribution in [1.82, 2.24) is 19.9 Å². The van der Waals surface area contributed by atoms with Gasteiger partial charge in [-0.2, -0.15) is 0 Å². The number of hydrogen-bond donors (Lipinski definition) is 0. The van der Waals surface area contributed by atoms with E-state index >= 15 is 0 Å². The number of alkyl halides is 1. The summed E-state index contributed by atoms with van der Waals surface area (Å²) in [6, 6.07) is 4.04. The van der Waals surface area contributed by atoms with E-state index in [4.69, 9.17) is 18.9 Å². The van der Waals surface area contributed by atoms with Gasteiger partial charge in [0.25, 0.3) is 23.5 Å². The van der Waals surface area contributed by atoms with Crippen molar-refractivity contribution in [3.8, 4) is 23.5 Å². The molecular weight excluding hydrogens is 512 g/mol. The van der Waals surface area contributed by atoms with Crippen LogP contribution in [0.4, 0.5) is 0 Å². The van der Waals surface area contributed by atoms with Crippen LogP contribution >= 0.6 is 15.9 Å². The lowest BCUT2D eigenvalue weighted by Crippen LogP contribution is -2.01. The molecule has 4 rings (SSSR count). The summed E-state index contributed by atoms with van der Waals surface area (Å²) in [5.74, 6) is 1.67. The van der Waals surface area contributed by atoms with Gasteiger partial charge in [0, 0.05) is 5.33 Å². The Morgan fingerprint density at radius 1 is 0.571 bits per heavy atom. The Balaban J connectivity index is 0.000000196. The van der Waals surface area contributed by atoms with Crippen LogP contribution in [0.1, 0.15) is 33.4 Å². The Labute approximate surface area is 214 Å². The Kier molecular flexibility index (Phi) is 8.32. The highest BCUT2D eigenvalue weighted by Gasteiger charge is 2.15. The summed E-state index contributed by atoms with van der Waals surface area (Å²) in [7, 11) is 6.25. The molecule has 35 heavy (non-hydrogen) atoms. The highest BCUT2D eigenvalue weighted by atomic mass is 79.9. The summed E-state index contributed by atoms with van der Waals surface area (Å²) in [4.78, 5) is 17.8. The van der Waals surface area contributed by atoms with Crippen LogP contribution in [-0.2, 0) is 5.33 Å². The van der Waals surface area contributed by atoms with Crippen LogP contribution in [0.15, 0.2) is 12.1 Å². The Morgan fingerprint density at radius 2 is 0.971 bits per heavy atom. The monoisotopic (exact) mass is 542 g/mol. The first-order valence-electron chi connectivity index (χ1n) is 11.0. The third-order valence-corrected chi connectivity index (χ3v) is 6.74. The minimum Gasteiger partial charge on any atom is -0.477 e. The van der Waals surface area contributed by atoms with E-state index in [0.717, 1.165) is 38.5 Å². The molecule has 4 aromatic rings. The van der Waals surface area contributed by atoms with Gasteiger partial charge in [0.1, 0.15) is 0 Å². The van der Waals surface area contributed by atoms with Gasteiger partial charge in [0.05, 0.1) is 50.5 Å². The standard InChI is InChI=1S/C13H15BrN2O2.C13H16N2O2/c1-7-5-10-11(9(6-14)8(7)2)16-13(18-4)12(15-10)17-3;1-7-6-10-11(9(3)8(7)2)15-13(17-5)12(14-10)16-4/h5H,6H2,1-4H3;6H,1-5H3. The summed E-state index contributed by atoms with van der Waals surface area (Å²) in [5.41, 5.74) is 10.5. The molecule has 0 N–H and O–H groups in total. The maximum Gasteiger partial charge on any atom is 0.278 e. The molecular formula is C26H31BrN4O4. The van der Waals surface area contributed by atoms with E-state index in [1.165, 1.54) is 22.3 Å². The van der Waals surface area contributed by atoms with E-state index in [9.17, 15) is 0 Å². The molecule has 186 valence electrons. The second kappa shape index (κ2) is 11.0. The number of fused-ring (bicyclic) bond motifs is 2. The van der Waals surface area contributed by atoms with Gasteiger partial charge < -0.3 is 18.9 Å². The Morgan fingerprint density at radius 3 is 1.43 bits per heavy atom. The first-order valence-corrected chi connectivity index (χ1v) is 12.1. The zero-order valence-corrected chi connectivity index (χ0v) is 23.2. The number of methoxy groups -OCH3 is 4. The molecule has 0 aliphatic rings. The Bertz CT molecular complexity index is 1390. The highest BCUT2D eigenvalue weighted by Crippen LogP contribution is 2.31. The average molecular weight is 543 g/mol. The Hall–Kier alpha value is -3.20. The molecule has 0 unspecified atom stereocenters. The molecule has 0 bridgehead atoms. The molecule has 0 saturated heterocycles. The molecule has 2 aromatic carbocycles. The van der Waals surface area contributed by atoms with Crippen LogP contribution in [0.3, 0.4) is 0 Å². The fraction of sp³-hybridized carbons (Fsp3) is 0.385. The lowest BCUT2D eigenvalue weighted by Gasteiger charge is -2.12. The number of halogens is 1. The smallest absolute Gasteiger partial charge is 0.278 e. The van der Waals surface area contributed by atoms with E-state index in [-0.39, 0.29) is 0 Å². The van der Waals surface area contributed by atoms with Crippen molar-refractivity contribution in [2.75, 3.05) is 28.4 Å². The molecule has 2 heterocycles. The molecule has 0 fully saturated rings. The van der Waals surface area contributed by atoms with Crippen LogP contribution in [0.2, 0.25) is 0 Å². The fourth-order valence-electron chi connectivity index (χ4n) is 3.74. The second-order valence-corrected chi connectivity index (χ2v) is 8.65. The van der Waals surface area contributed by atoms with Gasteiger partial charge in [0.2, 0.25) is 0 Å². The lowest BCUT2D eigenvalue weighted by atomic mass is 10.0. The average Bonchev–Trinajstić information content (AvgIpc) is 2.87. The normalized spacial score (nSPS) is 10.7. The van der Waals surface area contributed by atoms with Crippen LogP contribution in [-0.4, -0.2) is 48.4 Å². The SMILES string of the molecule is COc1nc2cc(C)c(C)c(C)c2nc1OC.COc1nc2cc(C)c(C)c(CBr)c2nc1OC. The molecule has 0 radical (unpaired) electrons. The molecule has 0 atom stereocenters. The topological polar surface area (TPSA) is 88.5 Å². The molecule has 8 nitrogen and oxygen atoms in total. The minimum absolute atomic E-state index is 0.411. The first-order chi connectivity index (χ1) is 16.7. The predicted octanol–water partition coefficient (Wildman–Crippen LogP) is 5.73. The summed E-state index contributed by atoms with van der Waals surface area (Å²) >= 11 is 3.51. The van der Waals surface area contributed by atoms with E-state index in [1.807, 2.05) is 19.1 Å². The third-order valence-electron chi connectivity index (χ3n) is 6.17. The number of aromatic nitrogens is 4. The van der Waals surface area contributed by atoms with Crippen LogP contribution in [0.5, 0.6) is 23.5 Å². The molecule has 0 aliphatic heterocycles. The van der Waals surface area contributed by atoms with Crippen LogP contribution < -0.4 is 18.9 Å². The summed E-state index contributed by atoms with van der Waals surface area (Å²) in [5, 5.41) is 0.737. The highest BCUT2D eigenvalue weighted by molar-refractivity contribution is 9.08. The van der Waals surface area contributed by atoms with Crippen molar-refractivity contribution in [2.45, 2.75) is 39.9 Å². The number of ether oxygens (including phenoxy) is 4. The molecule has 0 amide bonds. The molecule has 0 spiro atoms. The quantitative estimate of drug-likeness (QED) is 0.295. The maximum absolute atomic E-state index is 5.20. The van der Waals surface area contributed by atoms with Gasteiger partial charge in [-0.3, -0.25) is 0 Å². The minimum atomic E-state index is 0.411. The van der Waals surface area contributed by atoms with Crippen molar-refractivity contribution in [3.63, 3.8) is 0 Å². The van der Waals surface area contributed by atoms with Crippen molar-refractivity contribution >= 4 is 38.0 Å². The van der Waals surface area contributed by atoms with Crippen LogP contribution in [0.25, 0.3) is 22.1 Å². The number of hydrogen-bond acceptors (Lipinski definition) is 8. The zero-order chi connectivity index (χ0) is 25.9. The van der Waals surface area contributed by atoms with Gasteiger partial charge in [-0.25, -0.2) is 19.9 Å². The number of nitrogens with zero attached hydrogens (tertiary/aromatic N) is 4. The van der Waals surface area contributed by atoms with Gasteiger partial charge in [-0.15, -0.1) is 0 Å². The van der Waals surface area contributed by atoms with Gasteiger partial charge in [0.15, 0.2) is 0 Å². The van der Waals surface area contributed by atoms with Crippen LogP contribution in [0, 0.1) is 34.6 Å². The molecule has 0 aliphatic carbocycles. The van der Waals surface area contributed by atoms with Crippen molar-refractivity contribution < 1.29 is 18.9 Å². The van der Waals surface area contributed by atoms with E-state index in [2.05, 4.69) is 63.6 Å². The first kappa shape index (κ1) is 26.4. The van der Waals surface area contributed by atoms with Crippen molar-refractivity contribution in [1.29, 1.82) is 0 Å². The maximum atomic E-state index is 5.20. The number of rotatable bonds is 5. The van der Waals surface area contributed by atoms with Crippen molar-refractivity contribution in [3.05, 3.63) is 45.5 Å². The predicted molar refractivity (Wildman–Crippen MR) is 142 cm³/mol. The van der Waals surface area contributed by atoms with E-state index in [0.29, 0.717) is 23.5 Å². The van der Waals surface area contributed by atoms with Gasteiger partial charge >= 0.3 is 0 Å². The summed E-state index contributed by atoms with van der Waals surface area (Å²) in [6.07, 6.45) is 0. The number of benzene rings is 2. The number of aryl methyl sites for hydroxylation is 3. The third kappa shape index (κ3) is 5.10. The van der Waals surface area contributed by atoms with Gasteiger partial charge in [-0.05, 0) is 80.1 Å². The molecule has 0 saturated carbocycles. The van der Waals surface area contributed by atoms with E-state index in [1.54, 1.807) is 28.4 Å². The van der Waals surface area contributed by atoms with Gasteiger partial charge in [-0.1, -0.05) is 15.9 Å². The lowest BCUT2D eigenvalue weighted by molar-refractivity contribution is 0.334. The van der Waals surface area contributed by atoms with E-state index < -0.39 is 0 Å². The zero-order valence-electron chi connectivity index (χ0n) is 21.7. The fourth-order valence-corrected chi connectivity index (χ4v) is 4.43. The largest absolute Gasteiger partial charge is 0.477 e. The summed E-state index contributed by atoms with van der Waals surface area (Å²) in [6.45, 7) is 10.4. The van der Waals surface area contributed by atoms with Crippen molar-refractivity contribution in [2.24, 2.45) is 0 Å². The second-order valence-electron chi connectivity index (χ2n) is 8.09. The molecule has 2 aromatic heterocycles. The summed E-state index contributed by atoms with van der Waals surface area (Å²) < 4.78 is 20.7. The molecule has 9 heteroatoms.